The molecule has 0 spiro atoms. The highest BCUT2D eigenvalue weighted by atomic mass is 16.4. The summed E-state index contributed by atoms with van der Waals surface area (Å²) in [4.78, 5) is 22.3. The average Bonchev–Trinajstić information content (AvgIpc) is 3.00. The first kappa shape index (κ1) is 13.4. The van der Waals surface area contributed by atoms with Gasteiger partial charge >= 0.3 is 12.0 Å². The van der Waals surface area contributed by atoms with Gasteiger partial charge in [-0.05, 0) is 19.3 Å². The summed E-state index contributed by atoms with van der Waals surface area (Å²) in [6.45, 7) is 1.91. The molecule has 1 aliphatic rings. The molecule has 0 aromatic carbocycles. The van der Waals surface area contributed by atoms with Crippen molar-refractivity contribution in [2.45, 2.75) is 44.7 Å². The summed E-state index contributed by atoms with van der Waals surface area (Å²) in [6, 6.07) is -1.43. The van der Waals surface area contributed by atoms with Crippen LogP contribution in [0.4, 0.5) is 4.79 Å². The molecule has 0 aromatic heterocycles. The van der Waals surface area contributed by atoms with Crippen molar-refractivity contribution in [3.8, 4) is 12.3 Å². The van der Waals surface area contributed by atoms with Gasteiger partial charge in [0, 0.05) is 12.5 Å². The largest absolute Gasteiger partial charge is 0.480 e. The minimum atomic E-state index is -1.12. The number of amides is 2. The lowest BCUT2D eigenvalue weighted by Gasteiger charge is -2.17. The molecule has 1 fully saturated rings. The van der Waals surface area contributed by atoms with Crippen molar-refractivity contribution in [3.05, 3.63) is 0 Å². The van der Waals surface area contributed by atoms with Gasteiger partial charge in [-0.1, -0.05) is 12.8 Å². The molecule has 5 heteroatoms. The predicted octanol–water partition coefficient (Wildman–Crippen LogP) is 0.951. The molecule has 94 valence electrons. The van der Waals surface area contributed by atoms with E-state index in [2.05, 4.69) is 16.6 Å². The quantitative estimate of drug-likeness (QED) is 0.603. The molecule has 2 atom stereocenters. The first-order valence-corrected chi connectivity index (χ1v) is 5.76. The molecule has 3 N–H and O–H groups in total. The van der Waals surface area contributed by atoms with Crippen LogP contribution in [-0.2, 0) is 4.79 Å². The van der Waals surface area contributed by atoms with Gasteiger partial charge in [0.25, 0.3) is 0 Å². The molecule has 1 aliphatic carbocycles. The zero-order valence-corrected chi connectivity index (χ0v) is 9.90. The van der Waals surface area contributed by atoms with Gasteiger partial charge in [0.15, 0.2) is 0 Å². The Morgan fingerprint density at radius 2 is 2.12 bits per heavy atom. The van der Waals surface area contributed by atoms with E-state index >= 15 is 0 Å². The SMILES string of the molecule is C#CCC(NC(=O)NC(C)CC1CC1)C(=O)O. The zero-order valence-electron chi connectivity index (χ0n) is 9.90. The van der Waals surface area contributed by atoms with Crippen LogP contribution in [0.1, 0.15) is 32.6 Å². The van der Waals surface area contributed by atoms with Crippen molar-refractivity contribution >= 4 is 12.0 Å². The van der Waals surface area contributed by atoms with E-state index in [0.29, 0.717) is 5.92 Å². The number of nitrogens with one attached hydrogen (secondary N) is 2. The van der Waals surface area contributed by atoms with Gasteiger partial charge in [-0.3, -0.25) is 0 Å². The minimum Gasteiger partial charge on any atom is -0.480 e. The molecule has 0 saturated heterocycles. The molecule has 5 nitrogen and oxygen atoms in total. The Balaban J connectivity index is 2.30. The van der Waals surface area contributed by atoms with Crippen LogP contribution in [0.3, 0.4) is 0 Å². The Bertz CT molecular complexity index is 331. The van der Waals surface area contributed by atoms with Crippen molar-refractivity contribution in [1.82, 2.24) is 10.6 Å². The van der Waals surface area contributed by atoms with Crippen molar-refractivity contribution < 1.29 is 14.7 Å². The van der Waals surface area contributed by atoms with Gasteiger partial charge in [0.1, 0.15) is 6.04 Å². The molecule has 2 amide bonds. The van der Waals surface area contributed by atoms with E-state index in [9.17, 15) is 9.59 Å². The Labute approximate surface area is 101 Å². The summed E-state index contributed by atoms with van der Waals surface area (Å²) in [6.07, 6.45) is 8.41. The number of rotatable bonds is 6. The summed E-state index contributed by atoms with van der Waals surface area (Å²) in [5.41, 5.74) is 0. The van der Waals surface area contributed by atoms with Crippen molar-refractivity contribution in [3.63, 3.8) is 0 Å². The second kappa shape index (κ2) is 6.14. The van der Waals surface area contributed by atoms with Crippen LogP contribution in [0.5, 0.6) is 0 Å². The summed E-state index contributed by atoms with van der Waals surface area (Å²) >= 11 is 0. The Morgan fingerprint density at radius 1 is 1.47 bits per heavy atom. The van der Waals surface area contributed by atoms with Crippen molar-refractivity contribution in [2.75, 3.05) is 0 Å². The van der Waals surface area contributed by atoms with Crippen LogP contribution in [-0.4, -0.2) is 29.2 Å². The van der Waals surface area contributed by atoms with Gasteiger partial charge in [-0.15, -0.1) is 12.3 Å². The Kier molecular flexibility index (Phi) is 4.83. The third-order valence-electron chi connectivity index (χ3n) is 2.69. The molecule has 17 heavy (non-hydrogen) atoms. The fourth-order valence-corrected chi connectivity index (χ4v) is 1.65. The molecular formula is C12H18N2O3. The molecule has 1 saturated carbocycles. The number of carboxylic acids is 1. The molecule has 2 unspecified atom stereocenters. The van der Waals surface area contributed by atoms with Gasteiger partial charge in [-0.2, -0.15) is 0 Å². The second-order valence-electron chi connectivity index (χ2n) is 4.50. The van der Waals surface area contributed by atoms with E-state index in [1.165, 1.54) is 12.8 Å². The maximum absolute atomic E-state index is 11.5. The number of carbonyl (C=O) groups excluding carboxylic acids is 1. The minimum absolute atomic E-state index is 0.0141. The molecule has 0 bridgehead atoms. The van der Waals surface area contributed by atoms with E-state index in [1.54, 1.807) is 0 Å². The fraction of sp³-hybridized carbons (Fsp3) is 0.667. The molecule has 0 aliphatic heterocycles. The van der Waals surface area contributed by atoms with E-state index in [1.807, 2.05) is 6.92 Å². The molecule has 0 radical (unpaired) electrons. The van der Waals surface area contributed by atoms with Crippen LogP contribution in [0.15, 0.2) is 0 Å². The summed E-state index contributed by atoms with van der Waals surface area (Å²) in [7, 11) is 0. The highest BCUT2D eigenvalue weighted by molar-refractivity contribution is 5.82. The van der Waals surface area contributed by atoms with E-state index in [0.717, 1.165) is 6.42 Å². The number of hydrogen-bond donors (Lipinski definition) is 3. The Morgan fingerprint density at radius 3 is 2.59 bits per heavy atom. The number of carbonyl (C=O) groups is 2. The summed E-state index contributed by atoms with van der Waals surface area (Å²) < 4.78 is 0. The maximum Gasteiger partial charge on any atom is 0.327 e. The van der Waals surface area contributed by atoms with E-state index in [4.69, 9.17) is 11.5 Å². The van der Waals surface area contributed by atoms with Crippen LogP contribution in [0.2, 0.25) is 0 Å². The van der Waals surface area contributed by atoms with Gasteiger partial charge in [0.2, 0.25) is 0 Å². The van der Waals surface area contributed by atoms with Crippen molar-refractivity contribution in [1.29, 1.82) is 0 Å². The highest BCUT2D eigenvalue weighted by Gasteiger charge is 2.25. The number of carboxylic acid groups (broad SMARTS) is 1. The molecule has 1 rings (SSSR count). The lowest BCUT2D eigenvalue weighted by Crippen LogP contribution is -2.48. The third kappa shape index (κ3) is 5.25. The third-order valence-corrected chi connectivity index (χ3v) is 2.69. The Hall–Kier alpha value is -1.70. The van der Waals surface area contributed by atoms with Crippen LogP contribution in [0, 0.1) is 18.3 Å². The van der Waals surface area contributed by atoms with Crippen LogP contribution < -0.4 is 10.6 Å². The summed E-state index contributed by atoms with van der Waals surface area (Å²) in [5.74, 6) is 1.82. The van der Waals surface area contributed by atoms with Gasteiger partial charge in [0.05, 0.1) is 0 Å². The van der Waals surface area contributed by atoms with Crippen molar-refractivity contribution in [2.24, 2.45) is 5.92 Å². The second-order valence-corrected chi connectivity index (χ2v) is 4.50. The average molecular weight is 238 g/mol. The predicted molar refractivity (Wildman–Crippen MR) is 63.3 cm³/mol. The van der Waals surface area contributed by atoms with E-state index in [-0.39, 0.29) is 12.5 Å². The fourth-order valence-electron chi connectivity index (χ4n) is 1.65. The number of terminal acetylenes is 1. The summed E-state index contributed by atoms with van der Waals surface area (Å²) in [5, 5.41) is 13.9. The monoisotopic (exact) mass is 238 g/mol. The van der Waals surface area contributed by atoms with Crippen LogP contribution >= 0.6 is 0 Å². The number of urea groups is 1. The standard InChI is InChI=1S/C12H18N2O3/c1-3-4-10(11(15)16)14-12(17)13-8(2)7-9-5-6-9/h1,8-10H,4-7H2,2H3,(H,15,16)(H2,13,14,17). The molecule has 0 heterocycles. The zero-order chi connectivity index (χ0) is 12.8. The smallest absolute Gasteiger partial charge is 0.327 e. The maximum atomic E-state index is 11.5. The topological polar surface area (TPSA) is 78.4 Å². The first-order chi connectivity index (χ1) is 8.02. The lowest BCUT2D eigenvalue weighted by atomic mass is 10.1. The van der Waals surface area contributed by atoms with Gasteiger partial charge < -0.3 is 15.7 Å². The molecule has 0 aromatic rings. The normalized spacial score (nSPS) is 17.6. The lowest BCUT2D eigenvalue weighted by molar-refractivity contribution is -0.139. The first-order valence-electron chi connectivity index (χ1n) is 5.76. The van der Waals surface area contributed by atoms with Gasteiger partial charge in [-0.25, -0.2) is 9.59 Å². The highest BCUT2D eigenvalue weighted by Crippen LogP contribution is 2.33. The van der Waals surface area contributed by atoms with Crippen LogP contribution in [0.25, 0.3) is 0 Å². The molecular weight excluding hydrogens is 220 g/mol. The number of aliphatic carboxylic acids is 1. The van der Waals surface area contributed by atoms with E-state index < -0.39 is 18.0 Å². The number of hydrogen-bond acceptors (Lipinski definition) is 2.